The lowest BCUT2D eigenvalue weighted by atomic mass is 9.55. The van der Waals surface area contributed by atoms with Gasteiger partial charge >= 0.3 is 0 Å². The molecule has 0 bridgehead atoms. The van der Waals surface area contributed by atoms with E-state index in [1.807, 2.05) is 11.1 Å². The number of rotatable bonds is 1. The van der Waals surface area contributed by atoms with Crippen molar-refractivity contribution in [3.63, 3.8) is 0 Å². The zero-order valence-corrected chi connectivity index (χ0v) is 15.2. The lowest BCUT2D eigenvalue weighted by molar-refractivity contribution is 0.0729. The van der Waals surface area contributed by atoms with Gasteiger partial charge < -0.3 is 0 Å². The number of fused-ring (bicyclic) bond motifs is 4. The first kappa shape index (κ1) is 15.0. The van der Waals surface area contributed by atoms with Crippen molar-refractivity contribution in [2.45, 2.75) is 85.5 Å². The predicted octanol–water partition coefficient (Wildman–Crippen LogP) is 6.68. The third-order valence-electron chi connectivity index (χ3n) is 8.02. The summed E-state index contributed by atoms with van der Waals surface area (Å²) in [5, 5.41) is 0. The molecule has 0 amide bonds. The second-order valence-electron chi connectivity index (χ2n) is 9.72. The second-order valence-corrected chi connectivity index (χ2v) is 9.72. The van der Waals surface area contributed by atoms with Crippen molar-refractivity contribution in [3.05, 3.63) is 22.8 Å². The fourth-order valence-corrected chi connectivity index (χ4v) is 6.72. The van der Waals surface area contributed by atoms with Gasteiger partial charge in [-0.05, 0) is 91.1 Å². The highest BCUT2D eigenvalue weighted by atomic mass is 14.6. The lowest BCUT2D eigenvalue weighted by Gasteiger charge is -2.50. The summed E-state index contributed by atoms with van der Waals surface area (Å²) in [6.45, 7) is 10.0. The van der Waals surface area contributed by atoms with E-state index in [4.69, 9.17) is 0 Å². The SMILES string of the molecule is CC[C@H]1CC[C@H]2[C@@H]3CCC4=CCC(C)(C)CC4=C3CC[C@]12C. The third-order valence-corrected chi connectivity index (χ3v) is 8.02. The minimum atomic E-state index is 0.496. The number of allylic oxidation sites excluding steroid dienone is 4. The summed E-state index contributed by atoms with van der Waals surface area (Å²) in [7, 11) is 0. The molecule has 4 aliphatic carbocycles. The van der Waals surface area contributed by atoms with Crippen molar-refractivity contribution in [1.29, 1.82) is 0 Å². The normalized spacial score (nSPS) is 43.3. The van der Waals surface area contributed by atoms with Crippen molar-refractivity contribution in [1.82, 2.24) is 0 Å². The second kappa shape index (κ2) is 4.99. The van der Waals surface area contributed by atoms with E-state index in [2.05, 4.69) is 33.8 Å². The van der Waals surface area contributed by atoms with E-state index in [0.717, 1.165) is 17.8 Å². The summed E-state index contributed by atoms with van der Waals surface area (Å²) in [5.41, 5.74) is 6.66. The largest absolute Gasteiger partial charge is 0.0805 e. The molecule has 0 saturated heterocycles. The maximum Gasteiger partial charge on any atom is -0.0160 e. The molecule has 2 fully saturated rings. The van der Waals surface area contributed by atoms with Gasteiger partial charge in [0, 0.05) is 0 Å². The van der Waals surface area contributed by atoms with Crippen LogP contribution in [0.4, 0.5) is 0 Å². The van der Waals surface area contributed by atoms with Gasteiger partial charge in [0.15, 0.2) is 0 Å². The van der Waals surface area contributed by atoms with E-state index in [9.17, 15) is 0 Å². The molecule has 0 spiro atoms. The molecule has 0 aromatic rings. The molecule has 0 aromatic heterocycles. The molecule has 4 aliphatic rings. The molecule has 0 N–H and O–H groups in total. The van der Waals surface area contributed by atoms with Crippen LogP contribution in [0.5, 0.6) is 0 Å². The van der Waals surface area contributed by atoms with Crippen LogP contribution < -0.4 is 0 Å². The Labute approximate surface area is 137 Å². The monoisotopic (exact) mass is 298 g/mol. The Morgan fingerprint density at radius 2 is 1.91 bits per heavy atom. The van der Waals surface area contributed by atoms with Gasteiger partial charge in [0.1, 0.15) is 0 Å². The molecule has 0 unspecified atom stereocenters. The van der Waals surface area contributed by atoms with Crippen molar-refractivity contribution in [3.8, 4) is 0 Å². The first-order valence-electron chi connectivity index (χ1n) is 9.86. The Kier molecular flexibility index (Phi) is 3.41. The lowest BCUT2D eigenvalue weighted by Crippen LogP contribution is -2.40. The Morgan fingerprint density at radius 1 is 1.09 bits per heavy atom. The van der Waals surface area contributed by atoms with Crippen LogP contribution in [0.15, 0.2) is 22.8 Å². The minimum absolute atomic E-state index is 0.496. The topological polar surface area (TPSA) is 0 Å². The smallest absolute Gasteiger partial charge is 0.0160 e. The maximum atomic E-state index is 2.65. The number of hydrogen-bond acceptors (Lipinski definition) is 0. The predicted molar refractivity (Wildman–Crippen MR) is 94.7 cm³/mol. The average Bonchev–Trinajstić information content (AvgIpc) is 2.82. The van der Waals surface area contributed by atoms with Crippen LogP contribution >= 0.6 is 0 Å². The summed E-state index contributed by atoms with van der Waals surface area (Å²) >= 11 is 0. The zero-order valence-electron chi connectivity index (χ0n) is 15.2. The van der Waals surface area contributed by atoms with Gasteiger partial charge in [0.25, 0.3) is 0 Å². The molecule has 2 saturated carbocycles. The molecule has 0 aliphatic heterocycles. The van der Waals surface area contributed by atoms with Gasteiger partial charge in [-0.15, -0.1) is 0 Å². The number of hydrogen-bond donors (Lipinski definition) is 0. The molecule has 0 radical (unpaired) electrons. The summed E-state index contributed by atoms with van der Waals surface area (Å²) in [4.78, 5) is 0. The van der Waals surface area contributed by atoms with E-state index in [0.29, 0.717) is 10.8 Å². The zero-order chi connectivity index (χ0) is 15.5. The average molecular weight is 299 g/mol. The Morgan fingerprint density at radius 3 is 2.68 bits per heavy atom. The van der Waals surface area contributed by atoms with Crippen LogP contribution in [0.3, 0.4) is 0 Å². The van der Waals surface area contributed by atoms with Crippen LogP contribution in [0.1, 0.15) is 85.5 Å². The molecular formula is C22H34. The highest BCUT2D eigenvalue weighted by Crippen LogP contribution is 2.63. The van der Waals surface area contributed by atoms with Gasteiger partial charge in [-0.25, -0.2) is 0 Å². The fraction of sp³-hybridized carbons (Fsp3) is 0.818. The molecule has 0 heteroatoms. The summed E-state index contributed by atoms with van der Waals surface area (Å²) in [6, 6.07) is 0. The summed E-state index contributed by atoms with van der Waals surface area (Å²) < 4.78 is 0. The highest BCUT2D eigenvalue weighted by molar-refractivity contribution is 5.43. The quantitative estimate of drug-likeness (QED) is 0.506. The molecule has 122 valence electrons. The van der Waals surface area contributed by atoms with Gasteiger partial charge in [-0.2, -0.15) is 0 Å². The summed E-state index contributed by atoms with van der Waals surface area (Å²) in [6.07, 6.45) is 15.4. The first-order valence-corrected chi connectivity index (χ1v) is 9.86. The maximum absolute atomic E-state index is 2.65. The molecule has 0 nitrogen and oxygen atoms in total. The molecule has 0 heterocycles. The van der Waals surface area contributed by atoms with E-state index in [1.54, 1.807) is 5.57 Å². The van der Waals surface area contributed by atoms with Gasteiger partial charge in [0.2, 0.25) is 0 Å². The Balaban J connectivity index is 1.71. The van der Waals surface area contributed by atoms with Crippen LogP contribution in [-0.4, -0.2) is 0 Å². The van der Waals surface area contributed by atoms with E-state index in [1.165, 1.54) is 57.8 Å². The molecule has 4 atom stereocenters. The van der Waals surface area contributed by atoms with Crippen LogP contribution in [0, 0.1) is 28.6 Å². The van der Waals surface area contributed by atoms with Gasteiger partial charge in [-0.3, -0.25) is 0 Å². The Hall–Kier alpha value is -0.520. The standard InChI is InChI=1S/C22H34/c1-5-16-7-9-20-18-8-6-15-10-12-21(2,3)14-19(15)17(18)11-13-22(16,20)4/h10,16,18,20H,5-9,11-14H2,1-4H3/t16-,18+,20-,22+/m0/s1. The molecule has 22 heavy (non-hydrogen) atoms. The molecule has 0 aromatic carbocycles. The van der Waals surface area contributed by atoms with Crippen LogP contribution in [0.2, 0.25) is 0 Å². The third kappa shape index (κ3) is 2.09. The highest BCUT2D eigenvalue weighted by Gasteiger charge is 2.52. The van der Waals surface area contributed by atoms with Crippen molar-refractivity contribution in [2.75, 3.05) is 0 Å². The van der Waals surface area contributed by atoms with Gasteiger partial charge in [0.05, 0.1) is 0 Å². The molecule has 4 rings (SSSR count). The van der Waals surface area contributed by atoms with Crippen LogP contribution in [-0.2, 0) is 0 Å². The van der Waals surface area contributed by atoms with E-state index >= 15 is 0 Å². The Bertz CT molecular complexity index is 532. The van der Waals surface area contributed by atoms with E-state index in [-0.39, 0.29) is 0 Å². The van der Waals surface area contributed by atoms with Crippen molar-refractivity contribution < 1.29 is 0 Å². The van der Waals surface area contributed by atoms with Crippen LogP contribution in [0.25, 0.3) is 0 Å². The summed E-state index contributed by atoms with van der Waals surface area (Å²) in [5.74, 6) is 2.94. The van der Waals surface area contributed by atoms with Gasteiger partial charge in [-0.1, -0.05) is 45.8 Å². The minimum Gasteiger partial charge on any atom is -0.0805 e. The van der Waals surface area contributed by atoms with E-state index < -0.39 is 0 Å². The first-order chi connectivity index (χ1) is 10.4. The van der Waals surface area contributed by atoms with Crippen molar-refractivity contribution >= 4 is 0 Å². The fourth-order valence-electron chi connectivity index (χ4n) is 6.72. The molecular weight excluding hydrogens is 264 g/mol. The van der Waals surface area contributed by atoms with Crippen molar-refractivity contribution in [2.24, 2.45) is 28.6 Å².